The maximum absolute atomic E-state index is 13.6. The minimum absolute atomic E-state index is 0.147. The molecular weight excluding hydrogens is 475 g/mol. The first-order chi connectivity index (χ1) is 18.1. The van der Waals surface area contributed by atoms with Crippen LogP contribution in [0.15, 0.2) is 71.5 Å². The molecular formula is C27H21FN6O3. The number of tetrazole rings is 1. The zero-order valence-corrected chi connectivity index (χ0v) is 19.6. The van der Waals surface area contributed by atoms with Crippen LogP contribution in [0.1, 0.15) is 28.6 Å². The van der Waals surface area contributed by atoms with Crippen molar-refractivity contribution in [2.75, 3.05) is 18.2 Å². The highest BCUT2D eigenvalue weighted by Crippen LogP contribution is 2.39. The molecule has 0 bridgehead atoms. The predicted molar refractivity (Wildman–Crippen MR) is 133 cm³/mol. The van der Waals surface area contributed by atoms with E-state index < -0.39 is 6.04 Å². The molecule has 37 heavy (non-hydrogen) atoms. The Morgan fingerprint density at radius 1 is 1.03 bits per heavy atom. The van der Waals surface area contributed by atoms with E-state index >= 15 is 0 Å². The van der Waals surface area contributed by atoms with Crippen LogP contribution in [0.3, 0.4) is 0 Å². The maximum atomic E-state index is 13.6. The third-order valence-corrected chi connectivity index (χ3v) is 6.95. The summed E-state index contributed by atoms with van der Waals surface area (Å²) in [5, 5.41) is 13.4. The van der Waals surface area contributed by atoms with Crippen molar-refractivity contribution < 1.29 is 13.9 Å². The number of hydrogen-bond acceptors (Lipinski definition) is 7. The SMILES string of the molecule is O=c1[nH]c2cc3c(cc2cc1[C@@H](c1nnnn1Cc1ccc(F)cc1)N1CCc2ccccc21)OCO3. The summed E-state index contributed by atoms with van der Waals surface area (Å²) in [4.78, 5) is 18.8. The van der Waals surface area contributed by atoms with Gasteiger partial charge in [0.25, 0.3) is 5.56 Å². The van der Waals surface area contributed by atoms with Crippen molar-refractivity contribution in [2.45, 2.75) is 19.0 Å². The van der Waals surface area contributed by atoms with Gasteiger partial charge in [-0.1, -0.05) is 30.3 Å². The minimum Gasteiger partial charge on any atom is -0.454 e. The van der Waals surface area contributed by atoms with Crippen molar-refractivity contribution in [1.82, 2.24) is 25.2 Å². The molecule has 184 valence electrons. The van der Waals surface area contributed by atoms with Crippen LogP contribution in [-0.4, -0.2) is 38.5 Å². The molecule has 0 fully saturated rings. The van der Waals surface area contributed by atoms with Crippen molar-refractivity contribution in [2.24, 2.45) is 0 Å². The summed E-state index contributed by atoms with van der Waals surface area (Å²) in [6.07, 6.45) is 0.844. The maximum Gasteiger partial charge on any atom is 0.254 e. The van der Waals surface area contributed by atoms with Gasteiger partial charge in [0.05, 0.1) is 12.1 Å². The molecule has 1 N–H and O–H groups in total. The van der Waals surface area contributed by atoms with Gasteiger partial charge in [-0.3, -0.25) is 4.79 Å². The number of ether oxygens (including phenoxy) is 2. The first kappa shape index (κ1) is 21.5. The number of para-hydroxylation sites is 1. The smallest absolute Gasteiger partial charge is 0.254 e. The van der Waals surface area contributed by atoms with E-state index in [0.717, 1.165) is 23.1 Å². The number of pyridine rings is 1. The first-order valence-corrected chi connectivity index (χ1v) is 12.0. The number of aromatic amines is 1. The summed E-state index contributed by atoms with van der Waals surface area (Å²) >= 11 is 0. The van der Waals surface area contributed by atoms with Gasteiger partial charge in [-0.15, -0.1) is 5.10 Å². The molecule has 0 saturated heterocycles. The van der Waals surface area contributed by atoms with Crippen molar-refractivity contribution in [1.29, 1.82) is 0 Å². The van der Waals surface area contributed by atoms with Crippen LogP contribution < -0.4 is 19.9 Å². The minimum atomic E-state index is -0.558. The standard InChI is InChI=1S/C27H21FN6O3/c28-19-7-5-16(6-8-19)14-34-26(30-31-32-34)25(33-10-9-17-3-1-2-4-22(17)33)20-11-18-12-23-24(37-15-36-23)13-21(18)29-27(20)35/h1-8,11-13,25H,9-10,14-15H2,(H,29,35)/t25-/m0/s1. The number of nitrogens with one attached hydrogen (secondary N) is 1. The zero-order valence-electron chi connectivity index (χ0n) is 19.6. The van der Waals surface area contributed by atoms with E-state index in [1.54, 1.807) is 22.9 Å². The normalized spacial score (nSPS) is 14.8. The second-order valence-corrected chi connectivity index (χ2v) is 9.14. The lowest BCUT2D eigenvalue weighted by Crippen LogP contribution is -2.34. The monoisotopic (exact) mass is 496 g/mol. The highest BCUT2D eigenvalue weighted by atomic mass is 19.1. The van der Waals surface area contributed by atoms with E-state index in [2.05, 4.69) is 37.5 Å². The molecule has 0 aliphatic carbocycles. The summed E-state index contributed by atoms with van der Waals surface area (Å²) in [5.41, 5.74) is 4.01. The Balaban J connectivity index is 1.39. The molecule has 2 aliphatic rings. The van der Waals surface area contributed by atoms with Crippen LogP contribution in [0.4, 0.5) is 10.1 Å². The van der Waals surface area contributed by atoms with Gasteiger partial charge >= 0.3 is 0 Å². The van der Waals surface area contributed by atoms with E-state index in [9.17, 15) is 9.18 Å². The Morgan fingerprint density at radius 3 is 2.70 bits per heavy atom. The summed E-state index contributed by atoms with van der Waals surface area (Å²) in [7, 11) is 0. The van der Waals surface area contributed by atoms with Gasteiger partial charge in [-0.05, 0) is 58.3 Å². The molecule has 0 amide bonds. The fraction of sp³-hybridized carbons (Fsp3) is 0.185. The van der Waals surface area contributed by atoms with E-state index in [0.29, 0.717) is 41.5 Å². The molecule has 0 radical (unpaired) electrons. The lowest BCUT2D eigenvalue weighted by Gasteiger charge is -2.29. The summed E-state index contributed by atoms with van der Waals surface area (Å²) in [5.74, 6) is 1.45. The number of rotatable bonds is 5. The summed E-state index contributed by atoms with van der Waals surface area (Å²) < 4.78 is 26.2. The lowest BCUT2D eigenvalue weighted by molar-refractivity contribution is 0.174. The molecule has 9 nitrogen and oxygen atoms in total. The molecule has 2 aromatic heterocycles. The first-order valence-electron chi connectivity index (χ1n) is 12.0. The average molecular weight is 497 g/mol. The third kappa shape index (κ3) is 3.68. The quantitative estimate of drug-likeness (QED) is 0.397. The molecule has 0 unspecified atom stereocenters. The van der Waals surface area contributed by atoms with Crippen molar-refractivity contribution >= 4 is 16.6 Å². The lowest BCUT2D eigenvalue weighted by atomic mass is 10.0. The van der Waals surface area contributed by atoms with Crippen molar-refractivity contribution in [3.05, 3.63) is 105 Å². The van der Waals surface area contributed by atoms with E-state index in [4.69, 9.17) is 9.47 Å². The fourth-order valence-corrected chi connectivity index (χ4v) is 5.18. The van der Waals surface area contributed by atoms with Crippen LogP contribution in [-0.2, 0) is 13.0 Å². The molecule has 5 aromatic rings. The third-order valence-electron chi connectivity index (χ3n) is 6.95. The van der Waals surface area contributed by atoms with Crippen molar-refractivity contribution in [3.8, 4) is 11.5 Å². The predicted octanol–water partition coefficient (Wildman–Crippen LogP) is 3.58. The Labute approximate surface area is 210 Å². The van der Waals surface area contributed by atoms with E-state index in [1.807, 2.05) is 24.3 Å². The van der Waals surface area contributed by atoms with Crippen LogP contribution >= 0.6 is 0 Å². The number of hydrogen-bond donors (Lipinski definition) is 1. The molecule has 1 atom stereocenters. The van der Waals surface area contributed by atoms with Gasteiger partial charge in [-0.25, -0.2) is 9.07 Å². The Kier molecular flexibility index (Phi) is 4.91. The van der Waals surface area contributed by atoms with Crippen LogP contribution in [0.5, 0.6) is 11.5 Å². The van der Waals surface area contributed by atoms with Crippen molar-refractivity contribution in [3.63, 3.8) is 0 Å². The Hall–Kier alpha value is -4.73. The molecule has 4 heterocycles. The Bertz CT molecular complexity index is 1700. The highest BCUT2D eigenvalue weighted by Gasteiger charge is 2.34. The molecule has 3 aromatic carbocycles. The highest BCUT2D eigenvalue weighted by molar-refractivity contribution is 5.83. The van der Waals surface area contributed by atoms with Gasteiger partial charge in [0.15, 0.2) is 17.3 Å². The second kappa shape index (κ2) is 8.44. The second-order valence-electron chi connectivity index (χ2n) is 9.14. The molecule has 0 saturated carbocycles. The molecule has 10 heteroatoms. The number of anilines is 1. The van der Waals surface area contributed by atoms with E-state index in [-0.39, 0.29) is 18.2 Å². The van der Waals surface area contributed by atoms with Crippen LogP contribution in [0, 0.1) is 5.82 Å². The van der Waals surface area contributed by atoms with Crippen LogP contribution in [0.25, 0.3) is 10.9 Å². The summed E-state index contributed by atoms with van der Waals surface area (Å²) in [6, 6.07) is 19.3. The number of H-pyrrole nitrogens is 1. The number of benzene rings is 3. The van der Waals surface area contributed by atoms with Crippen LogP contribution in [0.2, 0.25) is 0 Å². The number of fused-ring (bicyclic) bond motifs is 3. The Morgan fingerprint density at radius 2 is 1.84 bits per heavy atom. The van der Waals surface area contributed by atoms with Gasteiger partial charge in [0, 0.05) is 29.2 Å². The molecule has 7 rings (SSSR count). The summed E-state index contributed by atoms with van der Waals surface area (Å²) in [6.45, 7) is 1.18. The zero-order chi connectivity index (χ0) is 24.9. The van der Waals surface area contributed by atoms with Gasteiger partial charge in [0.2, 0.25) is 6.79 Å². The van der Waals surface area contributed by atoms with Gasteiger partial charge in [-0.2, -0.15) is 0 Å². The van der Waals surface area contributed by atoms with Gasteiger partial charge in [0.1, 0.15) is 11.9 Å². The number of aromatic nitrogens is 5. The topological polar surface area (TPSA) is 98.2 Å². The number of nitrogens with zero attached hydrogens (tertiary/aromatic N) is 5. The number of halogens is 1. The molecule has 2 aliphatic heterocycles. The fourth-order valence-electron chi connectivity index (χ4n) is 5.18. The van der Waals surface area contributed by atoms with E-state index in [1.165, 1.54) is 17.7 Å². The average Bonchev–Trinajstić information content (AvgIpc) is 3.65. The van der Waals surface area contributed by atoms with Gasteiger partial charge < -0.3 is 19.4 Å². The molecule has 0 spiro atoms. The largest absolute Gasteiger partial charge is 0.454 e.